The average Bonchev–Trinajstić information content (AvgIpc) is 3.21. The van der Waals surface area contributed by atoms with E-state index in [9.17, 15) is 4.39 Å². The molecule has 0 aliphatic carbocycles. The number of nitrogens with zero attached hydrogens (tertiary/aromatic N) is 5. The van der Waals surface area contributed by atoms with Crippen LogP contribution in [0.25, 0.3) is 16.7 Å². The second-order valence-electron chi connectivity index (χ2n) is 8.63. The molecule has 5 rings (SSSR count). The lowest BCUT2D eigenvalue weighted by Gasteiger charge is -2.34. The summed E-state index contributed by atoms with van der Waals surface area (Å²) >= 11 is 0. The van der Waals surface area contributed by atoms with Gasteiger partial charge in [-0.15, -0.1) is 0 Å². The summed E-state index contributed by atoms with van der Waals surface area (Å²) in [4.78, 5) is 11.3. The van der Waals surface area contributed by atoms with E-state index in [-0.39, 0.29) is 18.0 Å². The SMILES string of the molecule is COc1nc(N2CCOC[C@H]2C)cc(-n2ncc3cc(C)c(C4CCNCC4F)cc32)n1. The monoisotopic (exact) mass is 440 g/mol. The highest BCUT2D eigenvalue weighted by molar-refractivity contribution is 5.82. The van der Waals surface area contributed by atoms with E-state index in [1.165, 1.54) is 0 Å². The first kappa shape index (κ1) is 21.1. The van der Waals surface area contributed by atoms with E-state index in [4.69, 9.17) is 9.47 Å². The summed E-state index contributed by atoms with van der Waals surface area (Å²) in [5.74, 6) is 1.28. The minimum absolute atomic E-state index is 0.117. The minimum atomic E-state index is -0.898. The number of aromatic nitrogens is 4. The number of alkyl halides is 1. The molecule has 3 atom stereocenters. The Labute approximate surface area is 186 Å². The molecule has 1 aromatic carbocycles. The van der Waals surface area contributed by atoms with Gasteiger partial charge >= 0.3 is 6.01 Å². The molecule has 8 nitrogen and oxygen atoms in total. The molecule has 2 aromatic heterocycles. The van der Waals surface area contributed by atoms with Gasteiger partial charge in [-0.3, -0.25) is 0 Å². The van der Waals surface area contributed by atoms with Crippen LogP contribution in [0.15, 0.2) is 24.4 Å². The Bertz CT molecular complexity index is 1120. The van der Waals surface area contributed by atoms with E-state index < -0.39 is 6.17 Å². The number of halogens is 1. The molecule has 32 heavy (non-hydrogen) atoms. The molecule has 0 radical (unpaired) electrons. The molecule has 2 unspecified atom stereocenters. The zero-order valence-electron chi connectivity index (χ0n) is 18.7. The van der Waals surface area contributed by atoms with Crippen LogP contribution in [0.3, 0.4) is 0 Å². The summed E-state index contributed by atoms with van der Waals surface area (Å²) in [6.07, 6.45) is 1.71. The normalized spacial score (nSPS) is 24.1. The zero-order valence-corrected chi connectivity index (χ0v) is 18.7. The van der Waals surface area contributed by atoms with Gasteiger partial charge in [-0.1, -0.05) is 0 Å². The van der Waals surface area contributed by atoms with Gasteiger partial charge in [-0.2, -0.15) is 15.1 Å². The quantitative estimate of drug-likeness (QED) is 0.668. The molecule has 2 saturated heterocycles. The van der Waals surface area contributed by atoms with E-state index in [1.54, 1.807) is 11.8 Å². The third-order valence-electron chi connectivity index (χ3n) is 6.50. The van der Waals surface area contributed by atoms with Crippen LogP contribution in [0.4, 0.5) is 10.2 Å². The van der Waals surface area contributed by atoms with Crippen LogP contribution in [0.1, 0.15) is 30.4 Å². The molecule has 0 spiro atoms. The van der Waals surface area contributed by atoms with Crippen molar-refractivity contribution < 1.29 is 13.9 Å². The number of rotatable bonds is 4. The predicted molar refractivity (Wildman–Crippen MR) is 121 cm³/mol. The van der Waals surface area contributed by atoms with Crippen LogP contribution >= 0.6 is 0 Å². The Balaban J connectivity index is 1.60. The molecular formula is C23H29FN6O2. The molecule has 0 amide bonds. The molecule has 0 bridgehead atoms. The second kappa shape index (κ2) is 8.63. The van der Waals surface area contributed by atoms with E-state index in [2.05, 4.69) is 44.3 Å². The van der Waals surface area contributed by atoms with Gasteiger partial charge in [-0.05, 0) is 50.1 Å². The van der Waals surface area contributed by atoms with Crippen molar-refractivity contribution in [2.45, 2.75) is 38.4 Å². The average molecular weight is 441 g/mol. The molecular weight excluding hydrogens is 411 g/mol. The number of hydrogen-bond donors (Lipinski definition) is 1. The summed E-state index contributed by atoms with van der Waals surface area (Å²) < 4.78 is 27.5. The first-order chi connectivity index (χ1) is 15.5. The first-order valence-corrected chi connectivity index (χ1v) is 11.2. The summed E-state index contributed by atoms with van der Waals surface area (Å²) in [5.41, 5.74) is 3.03. The van der Waals surface area contributed by atoms with Gasteiger partial charge < -0.3 is 19.7 Å². The maximum atomic E-state index is 14.7. The van der Waals surface area contributed by atoms with Gasteiger partial charge in [0.2, 0.25) is 0 Å². The van der Waals surface area contributed by atoms with Gasteiger partial charge in [-0.25, -0.2) is 9.07 Å². The lowest BCUT2D eigenvalue weighted by atomic mass is 9.85. The molecule has 4 heterocycles. The Morgan fingerprint density at radius 2 is 2.06 bits per heavy atom. The van der Waals surface area contributed by atoms with Crippen molar-refractivity contribution in [3.05, 3.63) is 35.5 Å². The maximum Gasteiger partial charge on any atom is 0.320 e. The highest BCUT2D eigenvalue weighted by Gasteiger charge is 2.28. The van der Waals surface area contributed by atoms with Gasteiger partial charge in [0, 0.05) is 30.5 Å². The van der Waals surface area contributed by atoms with Crippen LogP contribution < -0.4 is 15.0 Å². The first-order valence-electron chi connectivity index (χ1n) is 11.2. The summed E-state index contributed by atoms with van der Waals surface area (Å²) in [7, 11) is 1.56. The highest BCUT2D eigenvalue weighted by Crippen LogP contribution is 2.33. The standard InChI is InChI=1S/C23H29FN6O2/c1-14-8-16-11-26-30(20(16)9-18(14)17-4-5-25-12-19(17)24)22-10-21(27-23(28-22)31-3)29-6-7-32-13-15(29)2/h8-11,15,17,19,25H,4-7,12-13H2,1-3H3/t15-,17?,19?/m1/s1. The van der Waals surface area contributed by atoms with E-state index in [1.807, 2.05) is 19.2 Å². The predicted octanol–water partition coefficient (Wildman–Crippen LogP) is 2.77. The number of benzene rings is 1. The highest BCUT2D eigenvalue weighted by atomic mass is 19.1. The van der Waals surface area contributed by atoms with Crippen molar-refractivity contribution in [2.75, 3.05) is 44.9 Å². The van der Waals surface area contributed by atoms with Crippen LogP contribution in [-0.2, 0) is 4.74 Å². The number of methoxy groups -OCH3 is 1. The Morgan fingerprint density at radius 1 is 1.22 bits per heavy atom. The fourth-order valence-corrected chi connectivity index (χ4v) is 4.77. The zero-order chi connectivity index (χ0) is 22.2. The number of morpholine rings is 1. The summed E-state index contributed by atoms with van der Waals surface area (Å²) in [6.45, 7) is 7.43. The Hall–Kier alpha value is -2.78. The molecule has 2 aliphatic heterocycles. The van der Waals surface area contributed by atoms with Crippen molar-refractivity contribution in [1.29, 1.82) is 0 Å². The number of piperidine rings is 1. The number of fused-ring (bicyclic) bond motifs is 1. The minimum Gasteiger partial charge on any atom is -0.467 e. The van der Waals surface area contributed by atoms with Crippen molar-refractivity contribution in [1.82, 2.24) is 25.1 Å². The van der Waals surface area contributed by atoms with E-state index >= 15 is 0 Å². The molecule has 170 valence electrons. The molecule has 2 fully saturated rings. The van der Waals surface area contributed by atoms with Crippen molar-refractivity contribution in [3.63, 3.8) is 0 Å². The Kier molecular flexibility index (Phi) is 5.69. The number of hydrogen-bond acceptors (Lipinski definition) is 7. The third kappa shape index (κ3) is 3.80. The van der Waals surface area contributed by atoms with Gasteiger partial charge in [0.1, 0.15) is 12.0 Å². The van der Waals surface area contributed by atoms with Crippen molar-refractivity contribution in [2.24, 2.45) is 0 Å². The number of anilines is 1. The lowest BCUT2D eigenvalue weighted by molar-refractivity contribution is 0.0984. The Morgan fingerprint density at radius 3 is 2.84 bits per heavy atom. The van der Waals surface area contributed by atoms with Crippen LogP contribution in [0.2, 0.25) is 0 Å². The summed E-state index contributed by atoms with van der Waals surface area (Å²) in [6, 6.07) is 6.58. The third-order valence-corrected chi connectivity index (χ3v) is 6.50. The second-order valence-corrected chi connectivity index (χ2v) is 8.63. The fourth-order valence-electron chi connectivity index (χ4n) is 4.77. The number of nitrogens with one attached hydrogen (secondary N) is 1. The van der Waals surface area contributed by atoms with Gasteiger partial charge in [0.25, 0.3) is 0 Å². The van der Waals surface area contributed by atoms with Crippen molar-refractivity contribution in [3.8, 4) is 11.8 Å². The molecule has 2 aliphatic rings. The van der Waals surface area contributed by atoms with Gasteiger partial charge in [0.05, 0.1) is 38.1 Å². The molecule has 9 heteroatoms. The van der Waals surface area contributed by atoms with Crippen LogP contribution in [0.5, 0.6) is 6.01 Å². The van der Waals surface area contributed by atoms with Crippen molar-refractivity contribution >= 4 is 16.7 Å². The summed E-state index contributed by atoms with van der Waals surface area (Å²) in [5, 5.41) is 8.75. The molecule has 0 saturated carbocycles. The number of ether oxygens (including phenoxy) is 2. The maximum absolute atomic E-state index is 14.7. The fraction of sp³-hybridized carbons (Fsp3) is 0.522. The number of aryl methyl sites for hydroxylation is 1. The van der Waals surface area contributed by atoms with E-state index in [0.29, 0.717) is 25.6 Å². The van der Waals surface area contributed by atoms with E-state index in [0.717, 1.165) is 47.4 Å². The van der Waals surface area contributed by atoms with Gasteiger partial charge in [0.15, 0.2) is 5.82 Å². The van der Waals surface area contributed by atoms with Crippen LogP contribution in [0, 0.1) is 6.92 Å². The molecule has 3 aromatic rings. The smallest absolute Gasteiger partial charge is 0.320 e. The topological polar surface area (TPSA) is 77.3 Å². The largest absolute Gasteiger partial charge is 0.467 e. The molecule has 1 N–H and O–H groups in total. The lowest BCUT2D eigenvalue weighted by Crippen LogP contribution is -2.44. The van der Waals surface area contributed by atoms with Crippen LogP contribution in [-0.4, -0.2) is 71.9 Å².